The van der Waals surface area contributed by atoms with E-state index in [1.54, 1.807) is 6.26 Å². The molecule has 0 amide bonds. The highest BCUT2D eigenvalue weighted by Crippen LogP contribution is 2.44. The van der Waals surface area contributed by atoms with Crippen molar-refractivity contribution in [3.8, 4) is 0 Å². The summed E-state index contributed by atoms with van der Waals surface area (Å²) in [5.74, 6) is 0.598. The van der Waals surface area contributed by atoms with Gasteiger partial charge in [0.15, 0.2) is 0 Å². The van der Waals surface area contributed by atoms with Gasteiger partial charge in [-0.3, -0.25) is 9.88 Å². The van der Waals surface area contributed by atoms with E-state index in [-0.39, 0.29) is 0 Å². The van der Waals surface area contributed by atoms with Crippen LogP contribution in [0.3, 0.4) is 0 Å². The predicted octanol–water partition coefficient (Wildman–Crippen LogP) is 3.04. The summed E-state index contributed by atoms with van der Waals surface area (Å²) in [4.78, 5) is 9.54. The van der Waals surface area contributed by atoms with Gasteiger partial charge in [-0.1, -0.05) is 13.0 Å². The van der Waals surface area contributed by atoms with E-state index in [9.17, 15) is 0 Å². The fourth-order valence-corrected chi connectivity index (χ4v) is 4.63. The molecule has 0 N–H and O–H groups in total. The number of hydrogen-bond acceptors (Lipinski definition) is 5. The van der Waals surface area contributed by atoms with E-state index < -0.39 is 0 Å². The third kappa shape index (κ3) is 3.85. The molecule has 2 aliphatic rings. The zero-order chi connectivity index (χ0) is 17.8. The topological polar surface area (TPSA) is 41.7 Å². The van der Waals surface area contributed by atoms with Crippen molar-refractivity contribution < 1.29 is 9.15 Å². The molecule has 2 aromatic rings. The van der Waals surface area contributed by atoms with Gasteiger partial charge < -0.3 is 14.1 Å². The average molecular weight is 355 g/mol. The maximum absolute atomic E-state index is 6.10. The van der Waals surface area contributed by atoms with E-state index in [4.69, 9.17) is 9.15 Å². The molecule has 5 nitrogen and oxygen atoms in total. The molecule has 0 unspecified atom stereocenters. The summed E-state index contributed by atoms with van der Waals surface area (Å²) >= 11 is 0. The van der Waals surface area contributed by atoms with Crippen molar-refractivity contribution >= 4 is 0 Å². The molecule has 2 saturated heterocycles. The smallest absolute Gasteiger partial charge is 0.0947 e. The fourth-order valence-electron chi connectivity index (χ4n) is 4.63. The number of pyridine rings is 1. The van der Waals surface area contributed by atoms with Crippen LogP contribution in [0.15, 0.2) is 47.4 Å². The Balaban J connectivity index is 1.36. The van der Waals surface area contributed by atoms with Gasteiger partial charge in [-0.2, -0.15) is 0 Å². The standard InChI is InChI=1S/C21H29N3O2/c1-2-23-12-19(14-26-15-20-5-3-4-8-22-20)21(16-23)7-9-24(17-21)11-18-6-10-25-13-18/h3-6,8,10,13,19H,2,7,9,11-12,14-17H2,1H3/t19-,21-/m1/s1. The van der Waals surface area contributed by atoms with Crippen LogP contribution in [-0.4, -0.2) is 54.1 Å². The number of likely N-dealkylation sites (tertiary alicyclic amines) is 2. The van der Waals surface area contributed by atoms with Crippen molar-refractivity contribution in [3.63, 3.8) is 0 Å². The lowest BCUT2D eigenvalue weighted by Crippen LogP contribution is -2.36. The Labute approximate surface area is 156 Å². The number of nitrogens with zero attached hydrogens (tertiary/aromatic N) is 3. The molecule has 4 rings (SSSR count). The van der Waals surface area contributed by atoms with Crippen molar-refractivity contribution in [3.05, 3.63) is 54.2 Å². The second-order valence-electron chi connectivity index (χ2n) is 7.82. The van der Waals surface area contributed by atoms with Gasteiger partial charge in [0.25, 0.3) is 0 Å². The van der Waals surface area contributed by atoms with Crippen LogP contribution in [0.5, 0.6) is 0 Å². The van der Waals surface area contributed by atoms with Crippen molar-refractivity contribution in [1.29, 1.82) is 0 Å². The summed E-state index contributed by atoms with van der Waals surface area (Å²) in [5, 5.41) is 0. The summed E-state index contributed by atoms with van der Waals surface area (Å²) in [7, 11) is 0. The van der Waals surface area contributed by atoms with E-state index in [0.29, 0.717) is 17.9 Å². The van der Waals surface area contributed by atoms with Crippen LogP contribution in [0.1, 0.15) is 24.6 Å². The second kappa shape index (κ2) is 7.91. The van der Waals surface area contributed by atoms with E-state index in [2.05, 4.69) is 27.8 Å². The van der Waals surface area contributed by atoms with Crippen molar-refractivity contribution in [1.82, 2.24) is 14.8 Å². The Kier molecular flexibility index (Phi) is 5.38. The first kappa shape index (κ1) is 17.7. The zero-order valence-corrected chi connectivity index (χ0v) is 15.6. The number of hydrogen-bond donors (Lipinski definition) is 0. The average Bonchev–Trinajstić information content (AvgIpc) is 3.39. The molecule has 26 heavy (non-hydrogen) atoms. The van der Waals surface area contributed by atoms with Crippen molar-refractivity contribution in [2.45, 2.75) is 26.5 Å². The van der Waals surface area contributed by atoms with Crippen LogP contribution >= 0.6 is 0 Å². The van der Waals surface area contributed by atoms with Gasteiger partial charge in [-0.05, 0) is 37.7 Å². The van der Waals surface area contributed by atoms with Crippen LogP contribution in [-0.2, 0) is 17.9 Å². The summed E-state index contributed by atoms with van der Waals surface area (Å²) < 4.78 is 11.3. The van der Waals surface area contributed by atoms with E-state index in [1.165, 1.54) is 25.1 Å². The van der Waals surface area contributed by atoms with Gasteiger partial charge >= 0.3 is 0 Å². The first-order valence-electron chi connectivity index (χ1n) is 9.71. The predicted molar refractivity (Wildman–Crippen MR) is 101 cm³/mol. The minimum atomic E-state index is 0.365. The van der Waals surface area contributed by atoms with Crippen LogP contribution in [0.2, 0.25) is 0 Å². The van der Waals surface area contributed by atoms with Gasteiger partial charge in [0.05, 0.1) is 31.4 Å². The fraction of sp³-hybridized carbons (Fsp3) is 0.571. The lowest BCUT2D eigenvalue weighted by molar-refractivity contribution is 0.0501. The Morgan fingerprint density at radius 2 is 2.19 bits per heavy atom. The van der Waals surface area contributed by atoms with Gasteiger partial charge in [0, 0.05) is 49.3 Å². The maximum atomic E-state index is 6.10. The molecule has 0 radical (unpaired) electrons. The highest BCUT2D eigenvalue weighted by Gasteiger charge is 2.49. The minimum absolute atomic E-state index is 0.365. The van der Waals surface area contributed by atoms with Crippen molar-refractivity contribution in [2.24, 2.45) is 11.3 Å². The Morgan fingerprint density at radius 3 is 2.96 bits per heavy atom. The quantitative estimate of drug-likeness (QED) is 0.764. The van der Waals surface area contributed by atoms with Gasteiger partial charge in [0.1, 0.15) is 0 Å². The molecule has 5 heteroatoms. The SMILES string of the molecule is CCN1C[C@H](COCc2ccccn2)[C@]2(CCN(Cc3ccoc3)C2)C1. The number of furan rings is 1. The monoisotopic (exact) mass is 355 g/mol. The number of ether oxygens (including phenoxy) is 1. The second-order valence-corrected chi connectivity index (χ2v) is 7.82. The molecule has 0 bridgehead atoms. The van der Waals surface area contributed by atoms with Gasteiger partial charge in [0.2, 0.25) is 0 Å². The molecule has 0 aromatic carbocycles. The molecule has 140 valence electrons. The molecule has 2 fully saturated rings. The zero-order valence-electron chi connectivity index (χ0n) is 15.6. The Morgan fingerprint density at radius 1 is 1.27 bits per heavy atom. The van der Waals surface area contributed by atoms with Crippen LogP contribution in [0, 0.1) is 11.3 Å². The third-order valence-corrected chi connectivity index (χ3v) is 6.08. The summed E-state index contributed by atoms with van der Waals surface area (Å²) in [6.07, 6.45) is 6.73. The van der Waals surface area contributed by atoms with Crippen LogP contribution in [0.25, 0.3) is 0 Å². The third-order valence-electron chi connectivity index (χ3n) is 6.08. The highest BCUT2D eigenvalue weighted by atomic mass is 16.5. The summed E-state index contributed by atoms with van der Waals surface area (Å²) in [5.41, 5.74) is 2.65. The lowest BCUT2D eigenvalue weighted by atomic mass is 9.77. The molecule has 1 spiro atoms. The molecule has 0 saturated carbocycles. The summed E-state index contributed by atoms with van der Waals surface area (Å²) in [6.45, 7) is 10.5. The molecular formula is C21H29N3O2. The Bertz CT molecular complexity index is 676. The van der Waals surface area contributed by atoms with Crippen LogP contribution in [0.4, 0.5) is 0 Å². The highest BCUT2D eigenvalue weighted by molar-refractivity contribution is 5.08. The molecule has 4 heterocycles. The van der Waals surface area contributed by atoms with Crippen LogP contribution < -0.4 is 0 Å². The molecule has 2 aromatic heterocycles. The molecular weight excluding hydrogens is 326 g/mol. The lowest BCUT2D eigenvalue weighted by Gasteiger charge is -2.30. The number of rotatable bonds is 7. The Hall–Kier alpha value is -1.69. The largest absolute Gasteiger partial charge is 0.472 e. The number of aromatic nitrogens is 1. The first-order valence-corrected chi connectivity index (χ1v) is 9.71. The minimum Gasteiger partial charge on any atom is -0.472 e. The van der Waals surface area contributed by atoms with E-state index in [1.807, 2.05) is 30.7 Å². The maximum Gasteiger partial charge on any atom is 0.0947 e. The first-order chi connectivity index (χ1) is 12.8. The molecule has 0 aliphatic carbocycles. The van der Waals surface area contributed by atoms with E-state index in [0.717, 1.165) is 38.5 Å². The molecule has 2 aliphatic heterocycles. The normalized spacial score (nSPS) is 26.9. The van der Waals surface area contributed by atoms with Gasteiger partial charge in [-0.15, -0.1) is 0 Å². The molecule has 2 atom stereocenters. The van der Waals surface area contributed by atoms with E-state index >= 15 is 0 Å². The summed E-state index contributed by atoms with van der Waals surface area (Å²) in [6, 6.07) is 8.07. The van der Waals surface area contributed by atoms with Crippen molar-refractivity contribution in [2.75, 3.05) is 39.3 Å². The van der Waals surface area contributed by atoms with Gasteiger partial charge in [-0.25, -0.2) is 0 Å².